The number of ether oxygens (including phenoxy) is 1. The predicted molar refractivity (Wildman–Crippen MR) is 79.1 cm³/mol. The first-order valence-corrected chi connectivity index (χ1v) is 7.29. The lowest BCUT2D eigenvalue weighted by molar-refractivity contribution is 0.0222. The SMILES string of the molecule is CCCCCCOCC(O)C(N)Cc1ccccc1. The monoisotopic (exact) mass is 265 g/mol. The molecule has 0 saturated heterocycles. The molecular formula is C16H27NO2. The van der Waals surface area contributed by atoms with Gasteiger partial charge in [-0.2, -0.15) is 0 Å². The van der Waals surface area contributed by atoms with Crippen LogP contribution in [0.2, 0.25) is 0 Å². The summed E-state index contributed by atoms with van der Waals surface area (Å²) in [6.45, 7) is 3.24. The number of hydrogen-bond acceptors (Lipinski definition) is 3. The number of benzene rings is 1. The molecule has 1 aromatic carbocycles. The van der Waals surface area contributed by atoms with Gasteiger partial charge in [-0.15, -0.1) is 0 Å². The van der Waals surface area contributed by atoms with Crippen LogP contribution in [0.3, 0.4) is 0 Å². The fourth-order valence-corrected chi connectivity index (χ4v) is 1.98. The minimum absolute atomic E-state index is 0.266. The highest BCUT2D eigenvalue weighted by Gasteiger charge is 2.15. The Balaban J connectivity index is 2.13. The molecule has 0 fully saturated rings. The number of aliphatic hydroxyl groups is 1. The van der Waals surface area contributed by atoms with E-state index in [1.54, 1.807) is 0 Å². The van der Waals surface area contributed by atoms with E-state index in [-0.39, 0.29) is 6.04 Å². The second-order valence-corrected chi connectivity index (χ2v) is 5.06. The number of rotatable bonds is 10. The molecule has 0 aliphatic heterocycles. The first kappa shape index (κ1) is 16.2. The second kappa shape index (κ2) is 9.96. The van der Waals surface area contributed by atoms with Crippen LogP contribution in [0.1, 0.15) is 38.2 Å². The standard InChI is InChI=1S/C16H27NO2/c1-2-3-4-8-11-19-13-16(18)15(17)12-14-9-6-5-7-10-14/h5-7,9-10,15-16,18H,2-4,8,11-13,17H2,1H3. The lowest BCUT2D eigenvalue weighted by atomic mass is 10.0. The molecule has 0 amide bonds. The van der Waals surface area contributed by atoms with Crippen molar-refractivity contribution in [3.8, 4) is 0 Å². The van der Waals surface area contributed by atoms with Crippen LogP contribution in [-0.4, -0.2) is 30.5 Å². The Morgan fingerprint density at radius 1 is 1.16 bits per heavy atom. The van der Waals surface area contributed by atoms with Gasteiger partial charge in [-0.05, 0) is 18.4 Å². The van der Waals surface area contributed by atoms with Crippen LogP contribution in [-0.2, 0) is 11.2 Å². The maximum atomic E-state index is 9.93. The molecule has 1 rings (SSSR count). The smallest absolute Gasteiger partial charge is 0.0927 e. The molecule has 3 nitrogen and oxygen atoms in total. The molecule has 0 heterocycles. The molecular weight excluding hydrogens is 238 g/mol. The summed E-state index contributed by atoms with van der Waals surface area (Å²) in [7, 11) is 0. The Kier molecular flexibility index (Phi) is 8.47. The zero-order valence-electron chi connectivity index (χ0n) is 11.9. The largest absolute Gasteiger partial charge is 0.389 e. The zero-order valence-corrected chi connectivity index (χ0v) is 11.9. The van der Waals surface area contributed by atoms with E-state index in [2.05, 4.69) is 6.92 Å². The second-order valence-electron chi connectivity index (χ2n) is 5.06. The molecule has 1 aromatic rings. The van der Waals surface area contributed by atoms with E-state index in [4.69, 9.17) is 10.5 Å². The molecule has 108 valence electrons. The minimum atomic E-state index is -0.591. The van der Waals surface area contributed by atoms with Gasteiger partial charge in [-0.3, -0.25) is 0 Å². The molecule has 0 aliphatic carbocycles. The van der Waals surface area contributed by atoms with Gasteiger partial charge in [0.1, 0.15) is 0 Å². The van der Waals surface area contributed by atoms with Gasteiger partial charge in [-0.1, -0.05) is 56.5 Å². The third-order valence-corrected chi connectivity index (χ3v) is 3.24. The van der Waals surface area contributed by atoms with Crippen molar-refractivity contribution in [3.63, 3.8) is 0 Å². The van der Waals surface area contributed by atoms with Crippen LogP contribution in [0, 0.1) is 0 Å². The topological polar surface area (TPSA) is 55.5 Å². The highest BCUT2D eigenvalue weighted by molar-refractivity contribution is 5.16. The van der Waals surface area contributed by atoms with Gasteiger partial charge in [0.15, 0.2) is 0 Å². The van der Waals surface area contributed by atoms with E-state index in [1.807, 2.05) is 30.3 Å². The quantitative estimate of drug-likeness (QED) is 0.639. The highest BCUT2D eigenvalue weighted by atomic mass is 16.5. The van der Waals surface area contributed by atoms with E-state index in [9.17, 15) is 5.11 Å². The summed E-state index contributed by atoms with van der Waals surface area (Å²) < 4.78 is 5.47. The Morgan fingerprint density at radius 3 is 2.58 bits per heavy atom. The van der Waals surface area contributed by atoms with Gasteiger partial charge in [0, 0.05) is 12.6 Å². The molecule has 19 heavy (non-hydrogen) atoms. The first-order chi connectivity index (χ1) is 9.24. The first-order valence-electron chi connectivity index (χ1n) is 7.29. The van der Waals surface area contributed by atoms with Crippen LogP contribution in [0.25, 0.3) is 0 Å². The summed E-state index contributed by atoms with van der Waals surface area (Å²) in [4.78, 5) is 0. The van der Waals surface area contributed by atoms with E-state index >= 15 is 0 Å². The molecule has 0 spiro atoms. The van der Waals surface area contributed by atoms with Gasteiger partial charge >= 0.3 is 0 Å². The number of aliphatic hydroxyl groups excluding tert-OH is 1. The summed E-state index contributed by atoms with van der Waals surface area (Å²) in [6, 6.07) is 9.73. The van der Waals surface area contributed by atoms with Gasteiger partial charge in [0.25, 0.3) is 0 Å². The van der Waals surface area contributed by atoms with Gasteiger partial charge < -0.3 is 15.6 Å². The van der Waals surface area contributed by atoms with Crippen molar-refractivity contribution in [2.24, 2.45) is 5.73 Å². The molecule has 0 aromatic heterocycles. The van der Waals surface area contributed by atoms with Gasteiger partial charge in [0.2, 0.25) is 0 Å². The number of hydrogen-bond donors (Lipinski definition) is 2. The summed E-state index contributed by atoms with van der Waals surface area (Å²) in [5, 5.41) is 9.93. The Hall–Kier alpha value is -0.900. The predicted octanol–water partition coefficient (Wildman–Crippen LogP) is 2.51. The average molecular weight is 265 g/mol. The summed E-state index contributed by atoms with van der Waals surface area (Å²) >= 11 is 0. The van der Waals surface area contributed by atoms with Crippen molar-refractivity contribution in [2.45, 2.75) is 51.2 Å². The Labute approximate surface area is 116 Å². The van der Waals surface area contributed by atoms with E-state index in [0.29, 0.717) is 13.0 Å². The third-order valence-electron chi connectivity index (χ3n) is 3.24. The van der Waals surface area contributed by atoms with Crippen molar-refractivity contribution in [2.75, 3.05) is 13.2 Å². The average Bonchev–Trinajstić information content (AvgIpc) is 2.43. The fourth-order valence-electron chi connectivity index (χ4n) is 1.98. The van der Waals surface area contributed by atoms with Crippen LogP contribution in [0.5, 0.6) is 0 Å². The Morgan fingerprint density at radius 2 is 1.89 bits per heavy atom. The molecule has 2 unspecified atom stereocenters. The third kappa shape index (κ3) is 7.31. The van der Waals surface area contributed by atoms with Crippen molar-refractivity contribution in [3.05, 3.63) is 35.9 Å². The Bertz CT molecular complexity index is 316. The van der Waals surface area contributed by atoms with Crippen molar-refractivity contribution in [1.82, 2.24) is 0 Å². The van der Waals surface area contributed by atoms with Gasteiger partial charge in [0.05, 0.1) is 12.7 Å². The molecule has 0 aliphatic rings. The van der Waals surface area contributed by atoms with Crippen LogP contribution < -0.4 is 5.73 Å². The van der Waals surface area contributed by atoms with Crippen molar-refractivity contribution < 1.29 is 9.84 Å². The minimum Gasteiger partial charge on any atom is -0.389 e. The van der Waals surface area contributed by atoms with E-state index < -0.39 is 6.10 Å². The maximum absolute atomic E-state index is 9.93. The number of unbranched alkanes of at least 4 members (excludes halogenated alkanes) is 3. The molecule has 3 heteroatoms. The molecule has 0 saturated carbocycles. The summed E-state index contributed by atoms with van der Waals surface area (Å²) in [5.41, 5.74) is 7.13. The molecule has 0 radical (unpaired) electrons. The maximum Gasteiger partial charge on any atom is 0.0927 e. The van der Waals surface area contributed by atoms with Crippen LogP contribution in [0.4, 0.5) is 0 Å². The zero-order chi connectivity index (χ0) is 13.9. The lowest BCUT2D eigenvalue weighted by Crippen LogP contribution is -2.39. The van der Waals surface area contributed by atoms with E-state index in [0.717, 1.165) is 18.6 Å². The summed E-state index contributed by atoms with van der Waals surface area (Å²) in [6.07, 6.45) is 4.83. The fraction of sp³-hybridized carbons (Fsp3) is 0.625. The lowest BCUT2D eigenvalue weighted by Gasteiger charge is -2.19. The molecule has 0 bridgehead atoms. The molecule has 2 atom stereocenters. The summed E-state index contributed by atoms with van der Waals surface area (Å²) in [5.74, 6) is 0. The molecule has 3 N–H and O–H groups in total. The van der Waals surface area contributed by atoms with E-state index in [1.165, 1.54) is 19.3 Å². The number of nitrogens with two attached hydrogens (primary N) is 1. The van der Waals surface area contributed by atoms with Crippen LogP contribution >= 0.6 is 0 Å². The van der Waals surface area contributed by atoms with Gasteiger partial charge in [-0.25, -0.2) is 0 Å². The normalized spacial score (nSPS) is 14.3. The van der Waals surface area contributed by atoms with Crippen molar-refractivity contribution >= 4 is 0 Å². The highest BCUT2D eigenvalue weighted by Crippen LogP contribution is 2.05. The van der Waals surface area contributed by atoms with Crippen molar-refractivity contribution in [1.29, 1.82) is 0 Å². The van der Waals surface area contributed by atoms with Crippen LogP contribution in [0.15, 0.2) is 30.3 Å².